The van der Waals surface area contributed by atoms with Gasteiger partial charge in [0.15, 0.2) is 0 Å². The lowest BCUT2D eigenvalue weighted by Gasteiger charge is -2.32. The van der Waals surface area contributed by atoms with Gasteiger partial charge in [0.1, 0.15) is 0 Å². The van der Waals surface area contributed by atoms with E-state index in [9.17, 15) is 13.6 Å². The summed E-state index contributed by atoms with van der Waals surface area (Å²) in [7, 11) is 0. The van der Waals surface area contributed by atoms with Crippen molar-refractivity contribution in [3.05, 3.63) is 35.4 Å². The molecule has 1 amide bonds. The molecular weight excluding hydrogens is 286 g/mol. The normalized spacial score (nSPS) is 21.4. The molecule has 3 rings (SSSR count). The van der Waals surface area contributed by atoms with Gasteiger partial charge in [-0.25, -0.2) is 8.78 Å². The van der Waals surface area contributed by atoms with Crippen LogP contribution in [0.3, 0.4) is 0 Å². The molecule has 1 aromatic rings. The average Bonchev–Trinajstić information content (AvgIpc) is 3.06. The van der Waals surface area contributed by atoms with Crippen molar-refractivity contribution >= 4 is 5.91 Å². The minimum atomic E-state index is -2.51. The average molecular weight is 304 g/mol. The first kappa shape index (κ1) is 15.0. The van der Waals surface area contributed by atoms with Crippen LogP contribution >= 0.6 is 0 Å². The Morgan fingerprint density at radius 2 is 1.82 bits per heavy atom. The summed E-state index contributed by atoms with van der Waals surface area (Å²) in [5.41, 5.74) is 0.799. The number of likely N-dealkylation sites (tertiary alicyclic amines) is 1. The van der Waals surface area contributed by atoms with Crippen LogP contribution in [0.15, 0.2) is 24.3 Å². The van der Waals surface area contributed by atoms with Gasteiger partial charge < -0.3 is 4.90 Å². The molecular formula is C17H18F2N2O. The van der Waals surface area contributed by atoms with E-state index in [-0.39, 0.29) is 12.3 Å². The number of halogens is 2. The number of carbonyl (C=O) groups excluding carboxylic acids is 1. The highest BCUT2D eigenvalue weighted by molar-refractivity contribution is 5.76. The molecule has 0 aromatic heterocycles. The Labute approximate surface area is 128 Å². The number of hydrogen-bond acceptors (Lipinski definition) is 2. The Morgan fingerprint density at radius 1 is 1.23 bits per heavy atom. The van der Waals surface area contributed by atoms with Crippen molar-refractivity contribution in [1.29, 1.82) is 5.26 Å². The van der Waals surface area contributed by atoms with Crippen LogP contribution in [0.2, 0.25) is 0 Å². The third-order valence-electron chi connectivity index (χ3n) is 5.00. The molecule has 2 aliphatic rings. The molecule has 1 saturated heterocycles. The Balaban J connectivity index is 1.48. The molecule has 0 atom stereocenters. The van der Waals surface area contributed by atoms with Crippen molar-refractivity contribution in [3.63, 3.8) is 0 Å². The van der Waals surface area contributed by atoms with E-state index in [2.05, 4.69) is 6.07 Å². The molecule has 0 unspecified atom stereocenters. The highest BCUT2D eigenvalue weighted by Gasteiger charge is 2.70. The van der Waals surface area contributed by atoms with Gasteiger partial charge in [0.05, 0.1) is 11.6 Å². The lowest BCUT2D eigenvalue weighted by atomic mass is 9.92. The monoisotopic (exact) mass is 304 g/mol. The molecule has 1 aromatic carbocycles. The smallest absolute Gasteiger partial charge is 0.254 e. The Morgan fingerprint density at radius 3 is 2.32 bits per heavy atom. The lowest BCUT2D eigenvalue weighted by molar-refractivity contribution is -0.133. The van der Waals surface area contributed by atoms with Gasteiger partial charge in [-0.05, 0) is 37.0 Å². The fraction of sp³-hybridized carbons (Fsp3) is 0.529. The number of aryl methyl sites for hydroxylation is 1. The summed E-state index contributed by atoms with van der Waals surface area (Å²) >= 11 is 0. The number of nitrogens with zero attached hydrogens (tertiary/aromatic N) is 2. The number of piperidine rings is 1. The van der Waals surface area contributed by atoms with Gasteiger partial charge in [0.25, 0.3) is 5.92 Å². The molecule has 1 aliphatic heterocycles. The van der Waals surface area contributed by atoms with Crippen molar-refractivity contribution in [1.82, 2.24) is 4.90 Å². The Kier molecular flexibility index (Phi) is 3.64. The standard InChI is InChI=1S/C17H18F2N2O/c18-17(19)12-16(17)7-9-21(10-8-16)15(22)6-5-13-1-3-14(11-20)4-2-13/h1-4H,5-10,12H2. The third kappa shape index (κ3) is 2.70. The predicted octanol–water partition coefficient (Wildman–Crippen LogP) is 3.14. The molecule has 22 heavy (non-hydrogen) atoms. The van der Waals surface area contributed by atoms with Gasteiger partial charge in [-0.15, -0.1) is 0 Å². The quantitative estimate of drug-likeness (QED) is 0.861. The minimum absolute atomic E-state index is 0.00667. The van der Waals surface area contributed by atoms with E-state index >= 15 is 0 Å². The molecule has 0 N–H and O–H groups in total. The largest absolute Gasteiger partial charge is 0.343 e. The molecule has 0 radical (unpaired) electrons. The van der Waals surface area contributed by atoms with Crippen LogP contribution in [0.1, 0.15) is 36.8 Å². The zero-order valence-electron chi connectivity index (χ0n) is 12.3. The highest BCUT2D eigenvalue weighted by atomic mass is 19.3. The summed E-state index contributed by atoms with van der Waals surface area (Å²) in [5, 5.41) is 8.74. The number of amides is 1. The summed E-state index contributed by atoms with van der Waals surface area (Å²) in [6, 6.07) is 9.22. The van der Waals surface area contributed by atoms with Crippen molar-refractivity contribution in [2.24, 2.45) is 5.41 Å². The Bertz CT molecular complexity index is 611. The molecule has 5 heteroatoms. The van der Waals surface area contributed by atoms with E-state index in [4.69, 9.17) is 5.26 Å². The molecule has 1 spiro atoms. The van der Waals surface area contributed by atoms with Gasteiger partial charge in [-0.2, -0.15) is 5.26 Å². The zero-order valence-corrected chi connectivity index (χ0v) is 12.3. The predicted molar refractivity (Wildman–Crippen MR) is 77.3 cm³/mol. The molecule has 1 aliphatic carbocycles. The van der Waals surface area contributed by atoms with Crippen LogP contribution in [-0.4, -0.2) is 29.8 Å². The lowest BCUT2D eigenvalue weighted by Crippen LogP contribution is -2.40. The van der Waals surface area contributed by atoms with Crippen molar-refractivity contribution in [3.8, 4) is 6.07 Å². The molecule has 2 fully saturated rings. The van der Waals surface area contributed by atoms with E-state index in [0.717, 1.165) is 5.56 Å². The first-order valence-corrected chi connectivity index (χ1v) is 7.60. The Hall–Kier alpha value is -1.96. The summed E-state index contributed by atoms with van der Waals surface area (Å²) in [5.74, 6) is -2.48. The van der Waals surface area contributed by atoms with Gasteiger partial charge in [-0.1, -0.05) is 12.1 Å². The van der Waals surface area contributed by atoms with Crippen molar-refractivity contribution in [2.75, 3.05) is 13.1 Å². The molecule has 3 nitrogen and oxygen atoms in total. The van der Waals surface area contributed by atoms with Gasteiger partial charge in [-0.3, -0.25) is 4.79 Å². The SMILES string of the molecule is N#Cc1ccc(CCC(=O)N2CCC3(CC2)CC3(F)F)cc1. The zero-order chi connectivity index (χ0) is 15.8. The number of carbonyl (C=O) groups is 1. The maximum atomic E-state index is 13.3. The number of rotatable bonds is 3. The second-order valence-corrected chi connectivity index (χ2v) is 6.35. The van der Waals surface area contributed by atoms with E-state index in [1.165, 1.54) is 0 Å². The number of hydrogen-bond donors (Lipinski definition) is 0. The second-order valence-electron chi connectivity index (χ2n) is 6.35. The summed E-state index contributed by atoms with van der Waals surface area (Å²) < 4.78 is 26.6. The summed E-state index contributed by atoms with van der Waals surface area (Å²) in [6.07, 6.45) is 1.83. The van der Waals surface area contributed by atoms with Gasteiger partial charge >= 0.3 is 0 Å². The number of nitriles is 1. The minimum Gasteiger partial charge on any atom is -0.343 e. The molecule has 1 heterocycles. The van der Waals surface area contributed by atoms with Crippen LogP contribution in [0, 0.1) is 16.7 Å². The van der Waals surface area contributed by atoms with E-state index in [1.54, 1.807) is 17.0 Å². The van der Waals surface area contributed by atoms with Crippen molar-refractivity contribution < 1.29 is 13.6 Å². The van der Waals surface area contributed by atoms with Gasteiger partial charge in [0, 0.05) is 31.3 Å². The molecule has 116 valence electrons. The second kappa shape index (κ2) is 5.35. The van der Waals surface area contributed by atoms with Crippen LogP contribution in [0.5, 0.6) is 0 Å². The van der Waals surface area contributed by atoms with Crippen LogP contribution in [0.4, 0.5) is 8.78 Å². The maximum absolute atomic E-state index is 13.3. The summed E-state index contributed by atoms with van der Waals surface area (Å²) in [4.78, 5) is 13.9. The van der Waals surface area contributed by atoms with E-state index in [1.807, 2.05) is 12.1 Å². The van der Waals surface area contributed by atoms with Crippen molar-refractivity contribution in [2.45, 2.75) is 38.0 Å². The summed E-state index contributed by atoms with van der Waals surface area (Å²) in [6.45, 7) is 0.892. The third-order valence-corrected chi connectivity index (χ3v) is 5.00. The van der Waals surface area contributed by atoms with Crippen LogP contribution in [0.25, 0.3) is 0 Å². The first-order valence-electron chi connectivity index (χ1n) is 7.60. The topological polar surface area (TPSA) is 44.1 Å². The molecule has 0 bridgehead atoms. The van der Waals surface area contributed by atoms with E-state index in [0.29, 0.717) is 44.3 Å². The van der Waals surface area contributed by atoms with Gasteiger partial charge in [0.2, 0.25) is 5.91 Å². The molecule has 1 saturated carbocycles. The van der Waals surface area contributed by atoms with Crippen LogP contribution in [-0.2, 0) is 11.2 Å². The number of alkyl halides is 2. The number of benzene rings is 1. The maximum Gasteiger partial charge on any atom is 0.254 e. The fourth-order valence-electron chi connectivity index (χ4n) is 3.26. The fourth-order valence-corrected chi connectivity index (χ4v) is 3.26. The van der Waals surface area contributed by atoms with Crippen LogP contribution < -0.4 is 0 Å². The first-order chi connectivity index (χ1) is 10.5. The van der Waals surface area contributed by atoms with E-state index < -0.39 is 11.3 Å². The highest BCUT2D eigenvalue weighted by Crippen LogP contribution is 2.65.